The molecular weight excluding hydrogens is 456 g/mol. The summed E-state index contributed by atoms with van der Waals surface area (Å²) < 4.78 is 7.68. The van der Waals surface area contributed by atoms with Crippen molar-refractivity contribution in [2.75, 3.05) is 36.5 Å². The molecule has 1 N–H and O–H groups in total. The molecule has 2 aliphatic rings. The van der Waals surface area contributed by atoms with E-state index in [1.165, 1.54) is 28.7 Å². The number of nitrogens with one attached hydrogen (secondary N) is 1. The second-order valence-corrected chi connectivity index (χ2v) is 10.5. The maximum Gasteiger partial charge on any atom is 0.239 e. The van der Waals surface area contributed by atoms with E-state index in [0.29, 0.717) is 24.4 Å². The number of aromatic nitrogens is 4. The number of hydrogen-bond acceptors (Lipinski definition) is 8. The van der Waals surface area contributed by atoms with Crippen molar-refractivity contribution in [2.24, 2.45) is 0 Å². The highest BCUT2D eigenvalue weighted by molar-refractivity contribution is 8.00. The summed E-state index contributed by atoms with van der Waals surface area (Å²) in [4.78, 5) is 19.7. The number of rotatable bonds is 8. The Morgan fingerprint density at radius 2 is 2.00 bits per heavy atom. The molecule has 1 saturated heterocycles. The monoisotopic (exact) mass is 484 g/mol. The molecule has 10 heteroatoms. The van der Waals surface area contributed by atoms with E-state index in [1.807, 2.05) is 12.3 Å². The first-order chi connectivity index (χ1) is 16.1. The summed E-state index contributed by atoms with van der Waals surface area (Å²) in [6.45, 7) is 7.09. The van der Waals surface area contributed by atoms with Crippen LogP contribution in [-0.4, -0.2) is 57.2 Å². The van der Waals surface area contributed by atoms with Crippen LogP contribution < -0.4 is 10.2 Å². The molecule has 1 aromatic carbocycles. The Kier molecular flexibility index (Phi) is 6.66. The topological polar surface area (TPSA) is 85.2 Å². The van der Waals surface area contributed by atoms with Gasteiger partial charge in [-0.25, -0.2) is 4.98 Å². The van der Waals surface area contributed by atoms with Crippen molar-refractivity contribution in [1.29, 1.82) is 0 Å². The molecule has 1 amide bonds. The number of ether oxygens (including phenoxy) is 1. The van der Waals surface area contributed by atoms with Gasteiger partial charge in [-0.3, -0.25) is 9.36 Å². The molecule has 5 rings (SSSR count). The number of hydrogen-bond donors (Lipinski definition) is 1. The molecule has 0 bridgehead atoms. The van der Waals surface area contributed by atoms with Gasteiger partial charge in [0.05, 0.1) is 24.2 Å². The lowest BCUT2D eigenvalue weighted by Crippen LogP contribution is -2.38. The number of morpholine rings is 1. The van der Waals surface area contributed by atoms with Gasteiger partial charge in [0.2, 0.25) is 11.9 Å². The molecule has 3 aromatic rings. The van der Waals surface area contributed by atoms with Crippen LogP contribution in [0.15, 0.2) is 34.8 Å². The number of carbonyl (C=O) groups excluding carboxylic acids is 1. The highest BCUT2D eigenvalue weighted by Gasteiger charge is 2.33. The lowest BCUT2D eigenvalue weighted by molar-refractivity contribution is -0.115. The Balaban J connectivity index is 1.24. The maximum absolute atomic E-state index is 12.9. The van der Waals surface area contributed by atoms with Crippen molar-refractivity contribution in [2.45, 2.75) is 49.6 Å². The number of nitrogens with zero attached hydrogens (tertiary/aromatic N) is 5. The summed E-state index contributed by atoms with van der Waals surface area (Å²) in [6, 6.07) is 8.82. The zero-order chi connectivity index (χ0) is 22.8. The zero-order valence-electron chi connectivity index (χ0n) is 18.9. The van der Waals surface area contributed by atoms with E-state index >= 15 is 0 Å². The molecule has 2 fully saturated rings. The average Bonchev–Trinajstić information content (AvgIpc) is 3.44. The van der Waals surface area contributed by atoms with Crippen molar-refractivity contribution in [3.8, 4) is 11.3 Å². The first kappa shape index (κ1) is 22.4. The standard InChI is InChI=1S/C23H28N6O2S2/c1-3-16-4-6-17(7-5-16)19-14-32-21(24-19)25-20(30)15(2)33-23-27-26-22(29(23)18-8-9-18)28-10-12-31-13-11-28/h4-7,14-15,18H,3,8-13H2,1-2H3,(H,24,25,30). The second-order valence-electron chi connectivity index (χ2n) is 8.32. The van der Waals surface area contributed by atoms with Gasteiger partial charge in [0.1, 0.15) is 0 Å². The number of thiazole rings is 1. The van der Waals surface area contributed by atoms with Crippen molar-refractivity contribution < 1.29 is 9.53 Å². The van der Waals surface area contributed by atoms with Crippen LogP contribution in [0.25, 0.3) is 11.3 Å². The third-order valence-corrected chi connectivity index (χ3v) is 7.71. The first-order valence-electron chi connectivity index (χ1n) is 11.4. The van der Waals surface area contributed by atoms with E-state index in [0.717, 1.165) is 54.7 Å². The van der Waals surface area contributed by atoms with Crippen molar-refractivity contribution >= 4 is 40.1 Å². The number of amides is 1. The molecule has 174 valence electrons. The summed E-state index contributed by atoms with van der Waals surface area (Å²) in [5, 5.41) is 15.0. The average molecular weight is 485 g/mol. The smallest absolute Gasteiger partial charge is 0.239 e. The van der Waals surface area contributed by atoms with Gasteiger partial charge in [-0.15, -0.1) is 21.5 Å². The lowest BCUT2D eigenvalue weighted by Gasteiger charge is -2.28. The van der Waals surface area contributed by atoms with Crippen molar-refractivity contribution in [3.63, 3.8) is 0 Å². The van der Waals surface area contributed by atoms with Crippen LogP contribution in [0.1, 0.15) is 38.3 Å². The lowest BCUT2D eigenvalue weighted by atomic mass is 10.1. The molecule has 1 saturated carbocycles. The van der Waals surface area contributed by atoms with Crippen molar-refractivity contribution in [1.82, 2.24) is 19.7 Å². The second kappa shape index (κ2) is 9.82. The largest absolute Gasteiger partial charge is 0.378 e. The summed E-state index contributed by atoms with van der Waals surface area (Å²) >= 11 is 2.90. The summed E-state index contributed by atoms with van der Waals surface area (Å²) in [5.41, 5.74) is 3.23. The number of benzene rings is 1. The number of aryl methyl sites for hydroxylation is 1. The minimum atomic E-state index is -0.319. The molecule has 8 nitrogen and oxygen atoms in total. The predicted molar refractivity (Wildman–Crippen MR) is 132 cm³/mol. The van der Waals surface area contributed by atoms with Crippen LogP contribution >= 0.6 is 23.1 Å². The Morgan fingerprint density at radius 1 is 1.24 bits per heavy atom. The normalized spacial score (nSPS) is 17.2. The highest BCUT2D eigenvalue weighted by atomic mass is 32.2. The molecular formula is C23H28N6O2S2. The third kappa shape index (κ3) is 5.07. The molecule has 3 heterocycles. The van der Waals surface area contributed by atoms with Crippen LogP contribution in [0.4, 0.5) is 11.1 Å². The summed E-state index contributed by atoms with van der Waals surface area (Å²) in [5.74, 6) is 0.815. The fourth-order valence-electron chi connectivity index (χ4n) is 3.77. The minimum absolute atomic E-state index is 0.0829. The van der Waals surface area contributed by atoms with Crippen LogP contribution in [0.3, 0.4) is 0 Å². The van der Waals surface area contributed by atoms with Crippen molar-refractivity contribution in [3.05, 3.63) is 35.2 Å². The van der Waals surface area contributed by atoms with E-state index in [4.69, 9.17) is 4.74 Å². The van der Waals surface area contributed by atoms with E-state index in [1.54, 1.807) is 0 Å². The Morgan fingerprint density at radius 3 is 2.70 bits per heavy atom. The predicted octanol–water partition coefficient (Wildman–Crippen LogP) is 4.25. The molecule has 2 aromatic heterocycles. The quantitative estimate of drug-likeness (QED) is 0.478. The van der Waals surface area contributed by atoms with Gasteiger partial charge in [0.15, 0.2) is 10.3 Å². The van der Waals surface area contributed by atoms with E-state index < -0.39 is 0 Å². The van der Waals surface area contributed by atoms with Gasteiger partial charge >= 0.3 is 0 Å². The Hall–Kier alpha value is -2.43. The molecule has 1 aliphatic heterocycles. The fourth-order valence-corrected chi connectivity index (χ4v) is 5.41. The van der Waals surface area contributed by atoms with Gasteiger partial charge in [0.25, 0.3) is 0 Å². The van der Waals surface area contributed by atoms with Crippen LogP contribution in [0.5, 0.6) is 0 Å². The van der Waals surface area contributed by atoms with E-state index in [9.17, 15) is 4.79 Å². The molecule has 1 aliphatic carbocycles. The van der Waals surface area contributed by atoms with Crippen LogP contribution in [0, 0.1) is 0 Å². The third-order valence-electron chi connectivity index (χ3n) is 5.90. The van der Waals surface area contributed by atoms with Crippen LogP contribution in [-0.2, 0) is 16.0 Å². The summed E-state index contributed by atoms with van der Waals surface area (Å²) in [6.07, 6.45) is 3.27. The zero-order valence-corrected chi connectivity index (χ0v) is 20.5. The Bertz CT molecular complexity index is 1100. The van der Waals surface area contributed by atoms with E-state index in [2.05, 4.69) is 61.2 Å². The number of thioether (sulfide) groups is 1. The van der Waals surface area contributed by atoms with Gasteiger partial charge in [-0.1, -0.05) is 43.0 Å². The first-order valence-corrected chi connectivity index (χ1v) is 13.2. The van der Waals surface area contributed by atoms with Gasteiger partial charge in [-0.2, -0.15) is 0 Å². The molecule has 1 unspecified atom stereocenters. The van der Waals surface area contributed by atoms with Gasteiger partial charge < -0.3 is 15.0 Å². The number of carbonyl (C=O) groups is 1. The maximum atomic E-state index is 12.9. The highest BCUT2D eigenvalue weighted by Crippen LogP contribution is 2.41. The SMILES string of the molecule is CCc1ccc(-c2csc(NC(=O)C(C)Sc3nnc(N4CCOCC4)n3C3CC3)n2)cc1. The molecule has 0 radical (unpaired) electrons. The van der Waals surface area contributed by atoms with Gasteiger partial charge in [0, 0.05) is 30.1 Å². The molecule has 1 atom stereocenters. The molecule has 0 spiro atoms. The minimum Gasteiger partial charge on any atom is -0.378 e. The number of anilines is 2. The fraction of sp³-hybridized carbons (Fsp3) is 0.478. The molecule has 33 heavy (non-hydrogen) atoms. The van der Waals surface area contributed by atoms with E-state index in [-0.39, 0.29) is 11.2 Å². The Labute approximate surface area is 201 Å². The van der Waals surface area contributed by atoms with Gasteiger partial charge in [-0.05, 0) is 31.7 Å². The van der Waals surface area contributed by atoms with Crippen LogP contribution in [0.2, 0.25) is 0 Å². The summed E-state index contributed by atoms with van der Waals surface area (Å²) in [7, 11) is 0.